The van der Waals surface area contributed by atoms with Gasteiger partial charge in [0.15, 0.2) is 5.92 Å². The molecule has 0 aliphatic heterocycles. The van der Waals surface area contributed by atoms with Gasteiger partial charge in [-0.05, 0) is 12.0 Å². The fraction of sp³-hybridized carbons (Fsp3) is 0.667. The van der Waals surface area contributed by atoms with E-state index < -0.39 is 30.7 Å². The summed E-state index contributed by atoms with van der Waals surface area (Å²) in [4.78, 5) is 0. The van der Waals surface area contributed by atoms with Crippen molar-refractivity contribution in [3.63, 3.8) is 0 Å². The molecule has 0 spiro atoms. The molecular formula is C9H12F6N4. The van der Waals surface area contributed by atoms with Gasteiger partial charge >= 0.3 is 12.4 Å². The maximum absolute atomic E-state index is 12.5. The van der Waals surface area contributed by atoms with Crippen molar-refractivity contribution in [3.05, 3.63) is 18.0 Å². The third-order valence-corrected chi connectivity index (χ3v) is 2.54. The summed E-state index contributed by atoms with van der Waals surface area (Å²) >= 11 is 0. The lowest BCUT2D eigenvalue weighted by atomic mass is 9.94. The number of alkyl halides is 6. The van der Waals surface area contributed by atoms with Crippen molar-refractivity contribution in [2.45, 2.75) is 24.8 Å². The Kier molecular flexibility index (Phi) is 4.46. The smallest absolute Gasteiger partial charge is 0.276 e. The van der Waals surface area contributed by atoms with Gasteiger partial charge in [0, 0.05) is 19.3 Å². The number of aryl methyl sites for hydroxylation is 1. The number of nitrogens with one attached hydrogen (secondary N) is 1. The average molecular weight is 290 g/mol. The summed E-state index contributed by atoms with van der Waals surface area (Å²) in [5.74, 6) is 1.31. The molecule has 1 aromatic heterocycles. The first kappa shape index (κ1) is 15.8. The fourth-order valence-corrected chi connectivity index (χ4v) is 1.75. The number of nitrogens with zero attached hydrogens (tertiary/aromatic N) is 2. The van der Waals surface area contributed by atoms with E-state index in [0.717, 1.165) is 0 Å². The Morgan fingerprint density at radius 1 is 1.26 bits per heavy atom. The molecule has 3 N–H and O–H groups in total. The van der Waals surface area contributed by atoms with E-state index in [1.54, 1.807) is 5.43 Å². The molecule has 110 valence electrons. The minimum atomic E-state index is -5.43. The molecule has 0 radical (unpaired) electrons. The van der Waals surface area contributed by atoms with Crippen molar-refractivity contribution >= 4 is 0 Å². The van der Waals surface area contributed by atoms with Crippen LogP contribution in [0.15, 0.2) is 12.4 Å². The number of hydrazine groups is 1. The second-order valence-electron chi connectivity index (χ2n) is 4.06. The van der Waals surface area contributed by atoms with Crippen molar-refractivity contribution in [3.8, 4) is 0 Å². The summed E-state index contributed by atoms with van der Waals surface area (Å²) in [7, 11) is 1.50. The predicted molar refractivity (Wildman–Crippen MR) is 53.6 cm³/mol. The fourth-order valence-electron chi connectivity index (χ4n) is 1.75. The topological polar surface area (TPSA) is 55.9 Å². The van der Waals surface area contributed by atoms with Crippen molar-refractivity contribution in [1.82, 2.24) is 15.2 Å². The molecule has 0 saturated heterocycles. The first-order valence-electron chi connectivity index (χ1n) is 5.12. The largest absolute Gasteiger partial charge is 0.402 e. The summed E-state index contributed by atoms with van der Waals surface area (Å²) in [6.45, 7) is 0. The second kappa shape index (κ2) is 5.37. The lowest BCUT2D eigenvalue weighted by molar-refractivity contribution is -0.291. The lowest BCUT2D eigenvalue weighted by Gasteiger charge is -2.29. The molecule has 1 unspecified atom stereocenters. The van der Waals surface area contributed by atoms with Crippen LogP contribution >= 0.6 is 0 Å². The van der Waals surface area contributed by atoms with Gasteiger partial charge in [-0.15, -0.1) is 0 Å². The first-order chi connectivity index (χ1) is 8.55. The zero-order valence-corrected chi connectivity index (χ0v) is 9.76. The minimum absolute atomic E-state index is 0.226. The Morgan fingerprint density at radius 2 is 1.79 bits per heavy atom. The molecule has 0 aliphatic rings. The van der Waals surface area contributed by atoms with Gasteiger partial charge in [-0.25, -0.2) is 0 Å². The van der Waals surface area contributed by atoms with Gasteiger partial charge in [-0.2, -0.15) is 31.4 Å². The predicted octanol–water partition coefficient (Wildman–Crippen LogP) is 1.54. The number of halogens is 6. The Balaban J connectivity index is 2.97. The molecule has 19 heavy (non-hydrogen) atoms. The highest BCUT2D eigenvalue weighted by atomic mass is 19.4. The quantitative estimate of drug-likeness (QED) is 0.502. The van der Waals surface area contributed by atoms with Gasteiger partial charge in [0.05, 0.1) is 6.20 Å². The summed E-state index contributed by atoms with van der Waals surface area (Å²) in [6.07, 6.45) is -8.88. The SMILES string of the molecule is Cn1cc(CC(NN)C(C(F)(F)F)C(F)(F)F)cn1. The van der Waals surface area contributed by atoms with Crippen LogP contribution in [0.3, 0.4) is 0 Å². The summed E-state index contributed by atoms with van der Waals surface area (Å²) in [5.41, 5.74) is 1.82. The summed E-state index contributed by atoms with van der Waals surface area (Å²) < 4.78 is 76.4. The van der Waals surface area contributed by atoms with Crippen LogP contribution in [0.5, 0.6) is 0 Å². The molecule has 0 aromatic carbocycles. The second-order valence-corrected chi connectivity index (χ2v) is 4.06. The van der Waals surface area contributed by atoms with Crippen LogP contribution in [0.1, 0.15) is 5.56 Å². The highest BCUT2D eigenvalue weighted by Crippen LogP contribution is 2.41. The highest BCUT2D eigenvalue weighted by Gasteiger charge is 2.60. The third-order valence-electron chi connectivity index (χ3n) is 2.54. The van der Waals surface area contributed by atoms with Gasteiger partial charge in [-0.1, -0.05) is 0 Å². The van der Waals surface area contributed by atoms with E-state index in [9.17, 15) is 26.3 Å². The van der Waals surface area contributed by atoms with E-state index in [0.29, 0.717) is 0 Å². The normalized spacial score (nSPS) is 15.0. The molecule has 1 heterocycles. The molecule has 0 amide bonds. The molecule has 1 rings (SSSR count). The van der Waals surface area contributed by atoms with Crippen LogP contribution in [0.25, 0.3) is 0 Å². The molecular weight excluding hydrogens is 278 g/mol. The van der Waals surface area contributed by atoms with Crippen LogP contribution < -0.4 is 11.3 Å². The van der Waals surface area contributed by atoms with E-state index in [2.05, 4.69) is 5.10 Å². The number of aromatic nitrogens is 2. The summed E-state index contributed by atoms with van der Waals surface area (Å²) in [6, 6.07) is -2.01. The number of nitrogens with two attached hydrogens (primary N) is 1. The monoisotopic (exact) mass is 290 g/mol. The molecule has 1 aromatic rings. The van der Waals surface area contributed by atoms with Crippen LogP contribution in [0.2, 0.25) is 0 Å². The van der Waals surface area contributed by atoms with Crippen LogP contribution in [0, 0.1) is 5.92 Å². The third kappa shape index (κ3) is 4.10. The molecule has 0 aliphatic carbocycles. The van der Waals surface area contributed by atoms with E-state index in [1.807, 2.05) is 0 Å². The Bertz CT molecular complexity index is 396. The minimum Gasteiger partial charge on any atom is -0.276 e. The van der Waals surface area contributed by atoms with E-state index in [-0.39, 0.29) is 5.56 Å². The first-order valence-corrected chi connectivity index (χ1v) is 5.12. The van der Waals surface area contributed by atoms with Crippen molar-refractivity contribution in [2.24, 2.45) is 18.8 Å². The van der Waals surface area contributed by atoms with Crippen LogP contribution in [-0.2, 0) is 13.5 Å². The molecule has 1 atom stereocenters. The van der Waals surface area contributed by atoms with Crippen molar-refractivity contribution in [2.75, 3.05) is 0 Å². The van der Waals surface area contributed by atoms with Gasteiger partial charge in [-0.3, -0.25) is 16.0 Å². The van der Waals surface area contributed by atoms with Crippen LogP contribution in [-0.4, -0.2) is 28.2 Å². The van der Waals surface area contributed by atoms with E-state index >= 15 is 0 Å². The van der Waals surface area contributed by atoms with Gasteiger partial charge in [0.2, 0.25) is 0 Å². The highest BCUT2D eigenvalue weighted by molar-refractivity contribution is 5.07. The Labute approximate surface area is 104 Å². The van der Waals surface area contributed by atoms with Crippen molar-refractivity contribution in [1.29, 1.82) is 0 Å². The molecule has 0 fully saturated rings. The zero-order valence-electron chi connectivity index (χ0n) is 9.76. The van der Waals surface area contributed by atoms with Gasteiger partial charge < -0.3 is 0 Å². The van der Waals surface area contributed by atoms with Crippen LogP contribution in [0.4, 0.5) is 26.3 Å². The molecule has 0 saturated carbocycles. The number of hydrogen-bond acceptors (Lipinski definition) is 3. The molecule has 0 bridgehead atoms. The zero-order chi connectivity index (χ0) is 14.8. The average Bonchev–Trinajstić information content (AvgIpc) is 2.58. The number of hydrogen-bond donors (Lipinski definition) is 2. The summed E-state index contributed by atoms with van der Waals surface area (Å²) in [5, 5.41) is 3.67. The lowest BCUT2D eigenvalue weighted by Crippen LogP contribution is -2.54. The Hall–Kier alpha value is -1.29. The maximum Gasteiger partial charge on any atom is 0.402 e. The number of rotatable bonds is 4. The van der Waals surface area contributed by atoms with Crippen molar-refractivity contribution < 1.29 is 26.3 Å². The maximum atomic E-state index is 12.5. The van der Waals surface area contributed by atoms with Gasteiger partial charge in [0.25, 0.3) is 0 Å². The van der Waals surface area contributed by atoms with E-state index in [1.165, 1.54) is 24.1 Å². The Morgan fingerprint density at radius 3 is 2.11 bits per heavy atom. The standard InChI is InChI=1S/C9H12F6N4/c1-19-4-5(3-17-19)2-6(18-16)7(8(10,11)12)9(13,14)15/h3-4,6-7,18H,2,16H2,1H3. The molecule has 4 nitrogen and oxygen atoms in total. The van der Waals surface area contributed by atoms with Gasteiger partial charge in [0.1, 0.15) is 0 Å². The molecule has 10 heteroatoms. The van der Waals surface area contributed by atoms with E-state index in [4.69, 9.17) is 5.84 Å².